The van der Waals surface area contributed by atoms with E-state index in [4.69, 9.17) is 4.74 Å². The van der Waals surface area contributed by atoms with Crippen molar-refractivity contribution in [2.45, 2.75) is 37.8 Å². The van der Waals surface area contributed by atoms with Gasteiger partial charge in [0.1, 0.15) is 11.6 Å². The molecule has 1 amide bonds. The Hall–Kier alpha value is -1.53. The molecule has 2 fully saturated rings. The Morgan fingerprint density at radius 1 is 1.35 bits per heavy atom. The van der Waals surface area contributed by atoms with Crippen molar-refractivity contribution in [3.8, 4) is 0 Å². The second kappa shape index (κ2) is 6.93. The fraction of sp³-hybridized carbons (Fsp3) is 0.588. The Balaban J connectivity index is 1.70. The van der Waals surface area contributed by atoms with Crippen molar-refractivity contribution in [3.63, 3.8) is 0 Å². The van der Waals surface area contributed by atoms with Gasteiger partial charge in [-0.2, -0.15) is 0 Å². The van der Waals surface area contributed by atoms with Gasteiger partial charge in [0.25, 0.3) is 0 Å². The van der Waals surface area contributed by atoms with E-state index in [2.05, 4.69) is 0 Å². The lowest BCUT2D eigenvalue weighted by atomic mass is 9.89. The summed E-state index contributed by atoms with van der Waals surface area (Å²) < 4.78 is 32.1. The minimum absolute atomic E-state index is 0.0682. The lowest BCUT2D eigenvalue weighted by Crippen LogP contribution is -2.48. The molecule has 23 heavy (non-hydrogen) atoms. The van der Waals surface area contributed by atoms with Crippen LogP contribution in [0.5, 0.6) is 0 Å². The monoisotopic (exact) mass is 325 g/mol. The summed E-state index contributed by atoms with van der Waals surface area (Å²) >= 11 is 0. The van der Waals surface area contributed by atoms with Crippen LogP contribution in [0.25, 0.3) is 0 Å². The average Bonchev–Trinajstić information content (AvgIpc) is 3.00. The Morgan fingerprint density at radius 3 is 2.91 bits per heavy atom. The molecule has 2 aliphatic heterocycles. The average molecular weight is 325 g/mol. The molecule has 0 radical (unpaired) electrons. The van der Waals surface area contributed by atoms with Gasteiger partial charge >= 0.3 is 0 Å². The summed E-state index contributed by atoms with van der Waals surface area (Å²) in [6.45, 7) is 1.59. The van der Waals surface area contributed by atoms with E-state index in [9.17, 15) is 18.7 Å². The topological polar surface area (TPSA) is 49.8 Å². The first kappa shape index (κ1) is 16.3. The second-order valence-electron chi connectivity index (χ2n) is 6.30. The molecular formula is C17H21F2NO3. The summed E-state index contributed by atoms with van der Waals surface area (Å²) in [4.78, 5) is 14.3. The van der Waals surface area contributed by atoms with Gasteiger partial charge in [0.2, 0.25) is 5.91 Å². The van der Waals surface area contributed by atoms with E-state index in [1.807, 2.05) is 0 Å². The highest BCUT2D eigenvalue weighted by atomic mass is 19.1. The van der Waals surface area contributed by atoms with Gasteiger partial charge in [0.05, 0.1) is 19.1 Å². The molecule has 6 heteroatoms. The molecule has 0 aromatic heterocycles. The van der Waals surface area contributed by atoms with Crippen LogP contribution in [0.2, 0.25) is 0 Å². The lowest BCUT2D eigenvalue weighted by molar-refractivity contribution is -0.135. The van der Waals surface area contributed by atoms with E-state index >= 15 is 0 Å². The number of ether oxygens (including phenoxy) is 1. The maximum atomic E-state index is 13.7. The molecule has 0 saturated carbocycles. The van der Waals surface area contributed by atoms with Gasteiger partial charge in [-0.05, 0) is 30.9 Å². The van der Waals surface area contributed by atoms with Crippen molar-refractivity contribution in [2.75, 3.05) is 19.8 Å². The first-order valence-electron chi connectivity index (χ1n) is 8.05. The molecule has 2 saturated heterocycles. The van der Waals surface area contributed by atoms with Crippen LogP contribution in [-0.2, 0) is 16.0 Å². The quantitative estimate of drug-likeness (QED) is 0.923. The molecule has 0 aliphatic carbocycles. The minimum atomic E-state index is -0.699. The van der Waals surface area contributed by atoms with Crippen LogP contribution in [0.3, 0.4) is 0 Å². The predicted molar refractivity (Wildman–Crippen MR) is 79.7 cm³/mol. The van der Waals surface area contributed by atoms with Crippen molar-refractivity contribution >= 4 is 5.91 Å². The number of aliphatic hydroxyl groups excluding tert-OH is 1. The minimum Gasteiger partial charge on any atom is -0.393 e. The molecule has 4 nitrogen and oxygen atoms in total. The third kappa shape index (κ3) is 3.53. The van der Waals surface area contributed by atoms with Crippen molar-refractivity contribution < 1.29 is 23.4 Å². The molecule has 1 N–H and O–H groups in total. The summed E-state index contributed by atoms with van der Waals surface area (Å²) in [5.74, 6) is -1.63. The van der Waals surface area contributed by atoms with Gasteiger partial charge in [-0.25, -0.2) is 8.78 Å². The van der Waals surface area contributed by atoms with Gasteiger partial charge in [-0.3, -0.25) is 4.79 Å². The Bertz CT molecular complexity index is 581. The zero-order chi connectivity index (χ0) is 16.4. The third-order valence-electron chi connectivity index (χ3n) is 4.83. The normalized spacial score (nSPS) is 28.1. The molecule has 0 unspecified atom stereocenters. The summed E-state index contributed by atoms with van der Waals surface area (Å²) in [5.41, 5.74) is 0.197. The van der Waals surface area contributed by atoms with Crippen LogP contribution in [-0.4, -0.2) is 47.8 Å². The van der Waals surface area contributed by atoms with Crippen LogP contribution in [0.1, 0.15) is 24.8 Å². The summed E-state index contributed by atoms with van der Waals surface area (Å²) in [6, 6.07) is 3.20. The molecule has 3 atom stereocenters. The van der Waals surface area contributed by atoms with Crippen LogP contribution in [0.4, 0.5) is 8.78 Å². The lowest BCUT2D eigenvalue weighted by Gasteiger charge is -2.37. The molecule has 126 valence electrons. The second-order valence-corrected chi connectivity index (χ2v) is 6.30. The fourth-order valence-corrected chi connectivity index (χ4v) is 3.59. The van der Waals surface area contributed by atoms with E-state index in [0.29, 0.717) is 26.2 Å². The maximum absolute atomic E-state index is 13.7. The number of aliphatic hydroxyl groups is 1. The van der Waals surface area contributed by atoms with Crippen molar-refractivity contribution in [3.05, 3.63) is 35.4 Å². The predicted octanol–water partition coefficient (Wildman–Crippen LogP) is 1.90. The number of likely N-dealkylation sites (tertiary alicyclic amines) is 1. The van der Waals surface area contributed by atoms with E-state index in [0.717, 1.165) is 25.0 Å². The number of hydrogen-bond acceptors (Lipinski definition) is 3. The number of benzene rings is 1. The maximum Gasteiger partial charge on any atom is 0.227 e. The van der Waals surface area contributed by atoms with E-state index in [1.165, 1.54) is 6.07 Å². The first-order chi connectivity index (χ1) is 11.1. The Labute approximate surface area is 134 Å². The third-order valence-corrected chi connectivity index (χ3v) is 4.83. The van der Waals surface area contributed by atoms with Crippen molar-refractivity contribution in [1.29, 1.82) is 0 Å². The zero-order valence-corrected chi connectivity index (χ0v) is 12.9. The highest BCUT2D eigenvalue weighted by Gasteiger charge is 2.39. The zero-order valence-electron chi connectivity index (χ0n) is 12.9. The van der Waals surface area contributed by atoms with E-state index in [1.54, 1.807) is 4.90 Å². The molecule has 1 aromatic rings. The number of amides is 1. The van der Waals surface area contributed by atoms with Gasteiger partial charge in [0.15, 0.2) is 0 Å². The molecule has 0 spiro atoms. The van der Waals surface area contributed by atoms with E-state index < -0.39 is 17.7 Å². The molecule has 2 heterocycles. The van der Waals surface area contributed by atoms with Crippen LogP contribution < -0.4 is 0 Å². The number of carbonyl (C=O) groups is 1. The van der Waals surface area contributed by atoms with Gasteiger partial charge < -0.3 is 14.7 Å². The number of hydrogen-bond donors (Lipinski definition) is 1. The SMILES string of the molecule is O=C(Cc1ccc(F)cc1F)N1CCC[C@@H]1[C@H]1COCC[C@H]1O. The highest BCUT2D eigenvalue weighted by molar-refractivity contribution is 5.79. The fourth-order valence-electron chi connectivity index (χ4n) is 3.59. The highest BCUT2D eigenvalue weighted by Crippen LogP contribution is 2.30. The standard InChI is InChI=1S/C17H21F2NO3/c18-12-4-3-11(14(19)9-12)8-17(22)20-6-1-2-15(20)13-10-23-7-5-16(13)21/h3-4,9,13,15-16,21H,1-2,5-8,10H2/t13-,15-,16-/m1/s1. The van der Waals surface area contributed by atoms with Gasteiger partial charge in [-0.15, -0.1) is 0 Å². The molecular weight excluding hydrogens is 304 g/mol. The number of nitrogens with zero attached hydrogens (tertiary/aromatic N) is 1. The van der Waals surface area contributed by atoms with Crippen molar-refractivity contribution in [2.24, 2.45) is 5.92 Å². The van der Waals surface area contributed by atoms with Crippen LogP contribution in [0, 0.1) is 17.6 Å². The Morgan fingerprint density at radius 2 is 2.17 bits per heavy atom. The van der Waals surface area contributed by atoms with Crippen LogP contribution in [0.15, 0.2) is 18.2 Å². The Kier molecular flexibility index (Phi) is 4.92. The van der Waals surface area contributed by atoms with Crippen molar-refractivity contribution in [1.82, 2.24) is 4.90 Å². The smallest absolute Gasteiger partial charge is 0.227 e. The number of carbonyl (C=O) groups excluding carboxylic acids is 1. The van der Waals surface area contributed by atoms with Gasteiger partial charge in [0, 0.05) is 31.2 Å². The molecule has 1 aromatic carbocycles. The molecule has 3 rings (SSSR count). The van der Waals surface area contributed by atoms with Gasteiger partial charge in [-0.1, -0.05) is 6.07 Å². The molecule has 0 bridgehead atoms. The largest absolute Gasteiger partial charge is 0.393 e. The molecule has 2 aliphatic rings. The van der Waals surface area contributed by atoms with Crippen LogP contribution >= 0.6 is 0 Å². The number of halogens is 2. The number of rotatable bonds is 3. The first-order valence-corrected chi connectivity index (χ1v) is 8.05. The summed E-state index contributed by atoms with van der Waals surface area (Å²) in [6.07, 6.45) is 1.71. The summed E-state index contributed by atoms with van der Waals surface area (Å²) in [5, 5.41) is 10.2. The summed E-state index contributed by atoms with van der Waals surface area (Å²) in [7, 11) is 0. The van der Waals surface area contributed by atoms with E-state index in [-0.39, 0.29) is 29.9 Å².